The minimum absolute atomic E-state index is 0.176. The molecule has 0 bridgehead atoms. The SMILES string of the molecule is N#C[C@H](C(=O)CCC(=O)O)c1nc2ccccc2[nH]1. The Morgan fingerprint density at radius 3 is 2.74 bits per heavy atom. The first-order chi connectivity index (χ1) is 9.11. The summed E-state index contributed by atoms with van der Waals surface area (Å²) in [4.78, 5) is 29.3. The molecule has 6 heteroatoms. The van der Waals surface area contributed by atoms with E-state index >= 15 is 0 Å². The zero-order chi connectivity index (χ0) is 13.8. The van der Waals surface area contributed by atoms with Crippen LogP contribution in [0.2, 0.25) is 0 Å². The highest BCUT2D eigenvalue weighted by Crippen LogP contribution is 2.19. The summed E-state index contributed by atoms with van der Waals surface area (Å²) in [6.07, 6.45) is -0.457. The predicted molar refractivity (Wildman–Crippen MR) is 66.3 cm³/mol. The zero-order valence-corrected chi connectivity index (χ0v) is 9.96. The van der Waals surface area contributed by atoms with Gasteiger partial charge < -0.3 is 10.1 Å². The first kappa shape index (κ1) is 12.8. The van der Waals surface area contributed by atoms with Crippen molar-refractivity contribution in [3.63, 3.8) is 0 Å². The van der Waals surface area contributed by atoms with Crippen molar-refractivity contribution in [1.82, 2.24) is 9.97 Å². The van der Waals surface area contributed by atoms with E-state index in [9.17, 15) is 9.59 Å². The normalized spacial score (nSPS) is 11.9. The number of H-pyrrole nitrogens is 1. The Labute approximate surface area is 108 Å². The van der Waals surface area contributed by atoms with Crippen molar-refractivity contribution in [2.45, 2.75) is 18.8 Å². The second-order valence-corrected chi connectivity index (χ2v) is 4.06. The molecule has 0 saturated carbocycles. The average Bonchev–Trinajstić information content (AvgIpc) is 2.80. The fourth-order valence-corrected chi connectivity index (χ4v) is 1.77. The van der Waals surface area contributed by atoms with E-state index in [1.807, 2.05) is 12.1 Å². The molecule has 1 heterocycles. The number of carboxylic acid groups (broad SMARTS) is 1. The van der Waals surface area contributed by atoms with Crippen molar-refractivity contribution >= 4 is 22.8 Å². The Bertz CT molecular complexity index is 636. The number of para-hydroxylation sites is 2. The van der Waals surface area contributed by atoms with E-state index in [0.717, 1.165) is 5.52 Å². The lowest BCUT2D eigenvalue weighted by Crippen LogP contribution is -2.13. The lowest BCUT2D eigenvalue weighted by molar-refractivity contribution is -0.138. The number of carbonyl (C=O) groups is 2. The van der Waals surface area contributed by atoms with Crippen LogP contribution >= 0.6 is 0 Å². The molecule has 0 amide bonds. The van der Waals surface area contributed by atoms with E-state index in [1.54, 1.807) is 18.2 Å². The Hall–Kier alpha value is -2.68. The van der Waals surface area contributed by atoms with Crippen molar-refractivity contribution in [2.75, 3.05) is 0 Å². The smallest absolute Gasteiger partial charge is 0.303 e. The lowest BCUT2D eigenvalue weighted by Gasteiger charge is -2.03. The number of nitriles is 1. The minimum atomic E-state index is -1.06. The van der Waals surface area contributed by atoms with Gasteiger partial charge in [0, 0.05) is 6.42 Å². The molecule has 6 nitrogen and oxygen atoms in total. The van der Waals surface area contributed by atoms with Crippen LogP contribution < -0.4 is 0 Å². The Morgan fingerprint density at radius 2 is 2.11 bits per heavy atom. The van der Waals surface area contributed by atoms with Gasteiger partial charge in [-0.15, -0.1) is 0 Å². The van der Waals surface area contributed by atoms with Crippen LogP contribution in [0.15, 0.2) is 24.3 Å². The number of aromatic nitrogens is 2. The molecule has 0 radical (unpaired) electrons. The summed E-state index contributed by atoms with van der Waals surface area (Å²) in [5.74, 6) is -2.29. The number of nitrogens with one attached hydrogen (secondary N) is 1. The molecule has 2 rings (SSSR count). The molecular formula is C13H11N3O3. The van der Waals surface area contributed by atoms with Crippen LogP contribution in [0, 0.1) is 11.3 Å². The number of carboxylic acids is 1. The van der Waals surface area contributed by atoms with Crippen LogP contribution in [0.1, 0.15) is 24.6 Å². The number of aliphatic carboxylic acids is 1. The number of nitrogens with zero attached hydrogens (tertiary/aromatic N) is 2. The topological polar surface area (TPSA) is 107 Å². The molecule has 2 N–H and O–H groups in total. The van der Waals surface area contributed by atoms with Crippen LogP contribution in [-0.2, 0) is 9.59 Å². The van der Waals surface area contributed by atoms with E-state index < -0.39 is 17.7 Å². The Balaban J connectivity index is 2.24. The zero-order valence-electron chi connectivity index (χ0n) is 9.96. The maximum Gasteiger partial charge on any atom is 0.303 e. The van der Waals surface area contributed by atoms with E-state index in [0.29, 0.717) is 5.52 Å². The lowest BCUT2D eigenvalue weighted by atomic mass is 10.0. The molecule has 0 aliphatic heterocycles. The standard InChI is InChI=1S/C13H11N3O3/c14-7-8(11(17)5-6-12(18)19)13-15-9-3-1-2-4-10(9)16-13/h1-4,8H,5-6H2,(H,15,16)(H,18,19)/t8-/m1/s1. The van der Waals surface area contributed by atoms with Crippen molar-refractivity contribution in [2.24, 2.45) is 0 Å². The maximum atomic E-state index is 11.8. The summed E-state index contributed by atoms with van der Waals surface area (Å²) in [6.45, 7) is 0. The number of Topliss-reactive ketones (excluding diaryl/α,β-unsaturated/α-hetero) is 1. The number of imidazole rings is 1. The first-order valence-corrected chi connectivity index (χ1v) is 5.70. The van der Waals surface area contributed by atoms with Crippen LogP contribution in [0.25, 0.3) is 11.0 Å². The molecular weight excluding hydrogens is 246 g/mol. The number of hydrogen-bond donors (Lipinski definition) is 2. The van der Waals surface area contributed by atoms with Gasteiger partial charge in [-0.2, -0.15) is 5.26 Å². The molecule has 19 heavy (non-hydrogen) atoms. The first-order valence-electron chi connectivity index (χ1n) is 5.70. The highest BCUT2D eigenvalue weighted by molar-refractivity contribution is 5.90. The molecule has 0 saturated heterocycles. The molecule has 0 aliphatic carbocycles. The van der Waals surface area contributed by atoms with Crippen LogP contribution in [0.3, 0.4) is 0 Å². The minimum Gasteiger partial charge on any atom is -0.481 e. The summed E-state index contributed by atoms with van der Waals surface area (Å²) in [5.41, 5.74) is 1.41. The third kappa shape index (κ3) is 2.77. The number of hydrogen-bond acceptors (Lipinski definition) is 4. The van der Waals surface area contributed by atoms with E-state index in [2.05, 4.69) is 9.97 Å². The van der Waals surface area contributed by atoms with Crippen molar-refractivity contribution < 1.29 is 14.7 Å². The fourth-order valence-electron chi connectivity index (χ4n) is 1.77. The number of ketones is 1. The second-order valence-electron chi connectivity index (χ2n) is 4.06. The largest absolute Gasteiger partial charge is 0.481 e. The molecule has 0 fully saturated rings. The van der Waals surface area contributed by atoms with Gasteiger partial charge in [-0.3, -0.25) is 9.59 Å². The van der Waals surface area contributed by atoms with Gasteiger partial charge >= 0.3 is 5.97 Å². The average molecular weight is 257 g/mol. The fraction of sp³-hybridized carbons (Fsp3) is 0.231. The van der Waals surface area contributed by atoms with Gasteiger partial charge in [0.05, 0.1) is 23.5 Å². The summed E-state index contributed by atoms with van der Waals surface area (Å²) in [7, 11) is 0. The molecule has 1 atom stereocenters. The van der Waals surface area contributed by atoms with Crippen LogP contribution in [-0.4, -0.2) is 26.8 Å². The van der Waals surface area contributed by atoms with Gasteiger partial charge in [-0.05, 0) is 12.1 Å². The molecule has 0 aliphatic rings. The van der Waals surface area contributed by atoms with Gasteiger partial charge in [0.25, 0.3) is 0 Å². The number of aromatic amines is 1. The number of fused-ring (bicyclic) bond motifs is 1. The Kier molecular flexibility index (Phi) is 3.57. The van der Waals surface area contributed by atoms with Gasteiger partial charge in [0.2, 0.25) is 0 Å². The van der Waals surface area contributed by atoms with Gasteiger partial charge in [0.1, 0.15) is 5.82 Å². The molecule has 1 aromatic carbocycles. The highest BCUT2D eigenvalue weighted by atomic mass is 16.4. The molecule has 96 valence electrons. The van der Waals surface area contributed by atoms with Crippen molar-refractivity contribution in [3.8, 4) is 6.07 Å². The molecule has 0 unspecified atom stereocenters. The second kappa shape index (κ2) is 5.31. The summed E-state index contributed by atoms with van der Waals surface area (Å²) >= 11 is 0. The van der Waals surface area contributed by atoms with Crippen molar-refractivity contribution in [3.05, 3.63) is 30.1 Å². The van der Waals surface area contributed by atoms with Gasteiger partial charge in [-0.1, -0.05) is 12.1 Å². The monoisotopic (exact) mass is 257 g/mol. The highest BCUT2D eigenvalue weighted by Gasteiger charge is 2.23. The maximum absolute atomic E-state index is 11.8. The van der Waals surface area contributed by atoms with Gasteiger partial charge in [-0.25, -0.2) is 4.98 Å². The van der Waals surface area contributed by atoms with Gasteiger partial charge in [0.15, 0.2) is 11.7 Å². The summed E-state index contributed by atoms with van der Waals surface area (Å²) in [5, 5.41) is 17.6. The molecule has 0 spiro atoms. The number of benzene rings is 1. The summed E-state index contributed by atoms with van der Waals surface area (Å²) < 4.78 is 0. The molecule has 2 aromatic rings. The van der Waals surface area contributed by atoms with E-state index in [4.69, 9.17) is 10.4 Å². The van der Waals surface area contributed by atoms with E-state index in [-0.39, 0.29) is 18.7 Å². The number of carbonyl (C=O) groups excluding carboxylic acids is 1. The third-order valence-electron chi connectivity index (χ3n) is 2.72. The number of rotatable bonds is 5. The van der Waals surface area contributed by atoms with E-state index in [1.165, 1.54) is 0 Å². The third-order valence-corrected chi connectivity index (χ3v) is 2.72. The van der Waals surface area contributed by atoms with Crippen LogP contribution in [0.5, 0.6) is 0 Å². The Morgan fingerprint density at radius 1 is 1.37 bits per heavy atom. The summed E-state index contributed by atoms with van der Waals surface area (Å²) in [6, 6.07) is 9.05. The predicted octanol–water partition coefficient (Wildman–Crippen LogP) is 1.60. The molecule has 1 aromatic heterocycles. The quantitative estimate of drug-likeness (QED) is 0.846. The van der Waals surface area contributed by atoms with Crippen molar-refractivity contribution in [1.29, 1.82) is 5.26 Å². The van der Waals surface area contributed by atoms with Crippen LogP contribution in [0.4, 0.5) is 0 Å².